The van der Waals surface area contributed by atoms with Crippen LogP contribution in [0.2, 0.25) is 0 Å². The number of methoxy groups -OCH3 is 1. The van der Waals surface area contributed by atoms with Crippen molar-refractivity contribution in [3.05, 3.63) is 68.7 Å². The molecule has 2 heterocycles. The molecule has 2 amide bonds. The van der Waals surface area contributed by atoms with Crippen molar-refractivity contribution in [1.29, 1.82) is 0 Å². The van der Waals surface area contributed by atoms with Gasteiger partial charge in [0.2, 0.25) is 0 Å². The maximum atomic E-state index is 13.8. The van der Waals surface area contributed by atoms with E-state index in [1.54, 1.807) is 20.8 Å². The highest BCUT2D eigenvalue weighted by atomic mass is 32.2. The molecular weight excluding hydrogens is 493 g/mol. The van der Waals surface area contributed by atoms with E-state index in [0.717, 1.165) is 11.5 Å². The predicted octanol–water partition coefficient (Wildman–Crippen LogP) is 2.53. The zero-order valence-corrected chi connectivity index (χ0v) is 21.2. The second-order valence-corrected chi connectivity index (χ2v) is 10.9. The number of hydrogen-bond acceptors (Lipinski definition) is 7. The number of H-pyrrole nitrogens is 1. The van der Waals surface area contributed by atoms with Crippen molar-refractivity contribution in [2.24, 2.45) is 0 Å². The molecule has 0 aliphatic carbocycles. The van der Waals surface area contributed by atoms with Crippen LogP contribution in [-0.4, -0.2) is 56.1 Å². The van der Waals surface area contributed by atoms with Gasteiger partial charge < -0.3 is 24.7 Å². The molecule has 1 aromatic heterocycles. The zero-order chi connectivity index (χ0) is 26.7. The predicted molar refractivity (Wildman–Crippen MR) is 129 cm³/mol. The summed E-state index contributed by atoms with van der Waals surface area (Å²) in [6.45, 7) is 5.61. The molecule has 194 valence electrons. The highest BCUT2D eigenvalue weighted by molar-refractivity contribution is 7.94. The van der Waals surface area contributed by atoms with Crippen LogP contribution in [0.4, 0.5) is 9.18 Å². The van der Waals surface area contributed by atoms with Gasteiger partial charge in [0.1, 0.15) is 11.2 Å². The van der Waals surface area contributed by atoms with Crippen molar-refractivity contribution < 1.29 is 31.9 Å². The molecule has 0 saturated heterocycles. The largest absolute Gasteiger partial charge is 0.494 e. The standard InChI is InChI=1S/C24H28FN3O7S/c1-24(2,3)35-23(31)28-10-8-19-15(14-28)12-17(22(30)27-19)21(29)26-9-5-11-36(32,33)16-6-7-20(34-4)18(25)13-16/h5-7,11-13H,8-10,14H2,1-4H3,(H,26,29)(H,27,30)/b11-5+. The molecule has 0 saturated carbocycles. The molecule has 0 atom stereocenters. The zero-order valence-electron chi connectivity index (χ0n) is 20.4. The fraction of sp³-hybridized carbons (Fsp3) is 0.375. The van der Waals surface area contributed by atoms with E-state index in [0.29, 0.717) is 24.2 Å². The molecule has 0 fully saturated rings. The minimum absolute atomic E-state index is 0.0883. The van der Waals surface area contributed by atoms with Gasteiger partial charge in [-0.25, -0.2) is 17.6 Å². The van der Waals surface area contributed by atoms with Crippen molar-refractivity contribution in [1.82, 2.24) is 15.2 Å². The average Bonchev–Trinajstić information content (AvgIpc) is 2.79. The molecule has 0 spiro atoms. The van der Waals surface area contributed by atoms with Crippen LogP contribution in [0, 0.1) is 5.82 Å². The molecule has 2 N–H and O–H groups in total. The summed E-state index contributed by atoms with van der Waals surface area (Å²) in [4.78, 5) is 41.3. The van der Waals surface area contributed by atoms with Crippen LogP contribution in [0.3, 0.4) is 0 Å². The number of rotatable bonds is 6. The third-order valence-electron chi connectivity index (χ3n) is 5.21. The summed E-state index contributed by atoms with van der Waals surface area (Å²) < 4.78 is 48.8. The first-order valence-corrected chi connectivity index (χ1v) is 12.6. The third-order valence-corrected chi connectivity index (χ3v) is 6.67. The van der Waals surface area contributed by atoms with Gasteiger partial charge >= 0.3 is 6.09 Å². The van der Waals surface area contributed by atoms with Gasteiger partial charge in [0, 0.05) is 30.6 Å². The Morgan fingerprint density at radius 2 is 1.97 bits per heavy atom. The van der Waals surface area contributed by atoms with Crippen LogP contribution >= 0.6 is 0 Å². The molecule has 0 bridgehead atoms. The van der Waals surface area contributed by atoms with E-state index in [9.17, 15) is 27.2 Å². The number of benzene rings is 1. The van der Waals surface area contributed by atoms with Gasteiger partial charge in [-0.05, 0) is 50.6 Å². The van der Waals surface area contributed by atoms with Crippen molar-refractivity contribution in [3.8, 4) is 5.75 Å². The minimum atomic E-state index is -3.96. The molecule has 1 aromatic carbocycles. The Labute approximate surface area is 208 Å². The van der Waals surface area contributed by atoms with E-state index in [1.807, 2.05) is 0 Å². The minimum Gasteiger partial charge on any atom is -0.494 e. The molecule has 3 rings (SSSR count). The first kappa shape index (κ1) is 26.9. The molecule has 0 radical (unpaired) electrons. The monoisotopic (exact) mass is 521 g/mol. The van der Waals surface area contributed by atoms with E-state index >= 15 is 0 Å². The number of nitrogens with one attached hydrogen (secondary N) is 2. The maximum Gasteiger partial charge on any atom is 0.410 e. The van der Waals surface area contributed by atoms with Crippen LogP contribution in [0.15, 0.2) is 45.4 Å². The first-order valence-electron chi connectivity index (χ1n) is 11.1. The van der Waals surface area contributed by atoms with Crippen LogP contribution < -0.4 is 15.6 Å². The molecule has 1 aliphatic heterocycles. The molecular formula is C24H28FN3O7S. The van der Waals surface area contributed by atoms with Gasteiger partial charge in [-0.1, -0.05) is 6.08 Å². The van der Waals surface area contributed by atoms with Gasteiger partial charge in [-0.3, -0.25) is 9.59 Å². The Balaban J connectivity index is 1.67. The van der Waals surface area contributed by atoms with E-state index < -0.39 is 38.8 Å². The Bertz CT molecular complexity index is 1360. The van der Waals surface area contributed by atoms with Crippen LogP contribution in [0.25, 0.3) is 0 Å². The van der Waals surface area contributed by atoms with Gasteiger partial charge in [0.15, 0.2) is 21.4 Å². The summed E-state index contributed by atoms with van der Waals surface area (Å²) in [5.74, 6) is -1.63. The number of nitrogens with zero attached hydrogens (tertiary/aromatic N) is 1. The highest BCUT2D eigenvalue weighted by Gasteiger charge is 2.27. The molecule has 36 heavy (non-hydrogen) atoms. The Hall–Kier alpha value is -3.67. The summed E-state index contributed by atoms with van der Waals surface area (Å²) in [6.07, 6.45) is 1.08. The lowest BCUT2D eigenvalue weighted by Crippen LogP contribution is -2.41. The second kappa shape index (κ2) is 10.5. The lowest BCUT2D eigenvalue weighted by atomic mass is 10.0. The van der Waals surface area contributed by atoms with E-state index in [2.05, 4.69) is 10.3 Å². The number of carbonyl (C=O) groups excluding carboxylic acids is 2. The highest BCUT2D eigenvalue weighted by Crippen LogP contribution is 2.22. The fourth-order valence-electron chi connectivity index (χ4n) is 3.48. The van der Waals surface area contributed by atoms with Crippen molar-refractivity contribution in [3.63, 3.8) is 0 Å². The van der Waals surface area contributed by atoms with Crippen molar-refractivity contribution >= 4 is 21.8 Å². The lowest BCUT2D eigenvalue weighted by Gasteiger charge is -2.31. The summed E-state index contributed by atoms with van der Waals surface area (Å²) in [5.41, 5.74) is -0.184. The number of aromatic amines is 1. The number of ether oxygens (including phenoxy) is 2. The SMILES string of the molecule is COc1ccc(S(=O)(=O)/C=C/CNC(=O)c2cc3c([nH]c2=O)CCN(C(=O)OC(C)(C)C)C3)cc1F. The van der Waals surface area contributed by atoms with Gasteiger partial charge in [0.25, 0.3) is 11.5 Å². The van der Waals surface area contributed by atoms with Crippen molar-refractivity contribution in [2.75, 3.05) is 20.2 Å². The number of halogens is 1. The number of pyridine rings is 1. The summed E-state index contributed by atoms with van der Waals surface area (Å²) in [6, 6.07) is 4.66. The molecule has 0 unspecified atom stereocenters. The number of aromatic nitrogens is 1. The summed E-state index contributed by atoms with van der Waals surface area (Å²) in [7, 11) is -2.70. The summed E-state index contributed by atoms with van der Waals surface area (Å²) >= 11 is 0. The first-order chi connectivity index (χ1) is 16.8. The van der Waals surface area contributed by atoms with Gasteiger partial charge in [0.05, 0.1) is 18.6 Å². The Morgan fingerprint density at radius 3 is 2.61 bits per heavy atom. The van der Waals surface area contributed by atoms with Crippen molar-refractivity contribution in [2.45, 2.75) is 44.2 Å². The smallest absolute Gasteiger partial charge is 0.410 e. The van der Waals surface area contributed by atoms with Crippen LogP contribution in [-0.2, 0) is 27.5 Å². The van der Waals surface area contributed by atoms with Gasteiger partial charge in [-0.2, -0.15) is 0 Å². The van der Waals surface area contributed by atoms with E-state index in [4.69, 9.17) is 9.47 Å². The average molecular weight is 522 g/mol. The molecule has 2 aromatic rings. The normalized spacial score (nSPS) is 13.9. The van der Waals surface area contributed by atoms with Crippen LogP contribution in [0.1, 0.15) is 42.4 Å². The number of fused-ring (bicyclic) bond motifs is 1. The van der Waals surface area contributed by atoms with E-state index in [1.165, 1.54) is 36.3 Å². The summed E-state index contributed by atoms with van der Waals surface area (Å²) in [5, 5.41) is 3.29. The number of sulfone groups is 1. The maximum absolute atomic E-state index is 13.8. The Kier molecular flexibility index (Phi) is 7.87. The third kappa shape index (κ3) is 6.51. The quantitative estimate of drug-likeness (QED) is 0.596. The number of amides is 2. The van der Waals surface area contributed by atoms with Gasteiger partial charge in [-0.15, -0.1) is 0 Å². The topological polar surface area (TPSA) is 135 Å². The molecule has 10 nitrogen and oxygen atoms in total. The molecule has 12 heteroatoms. The second-order valence-electron chi connectivity index (χ2n) is 9.09. The Morgan fingerprint density at radius 1 is 1.25 bits per heavy atom. The number of hydrogen-bond donors (Lipinski definition) is 2. The number of carbonyl (C=O) groups is 2. The van der Waals surface area contributed by atoms with E-state index in [-0.39, 0.29) is 29.3 Å². The molecule has 1 aliphatic rings. The fourth-order valence-corrected chi connectivity index (χ4v) is 4.51. The lowest BCUT2D eigenvalue weighted by molar-refractivity contribution is 0.0222. The van der Waals surface area contributed by atoms with Crippen LogP contribution in [0.5, 0.6) is 5.75 Å².